The summed E-state index contributed by atoms with van der Waals surface area (Å²) in [4.78, 5) is 0. The van der Waals surface area contributed by atoms with Crippen LogP contribution in [0.2, 0.25) is 0 Å². The van der Waals surface area contributed by atoms with Crippen LogP contribution in [0.5, 0.6) is 0 Å². The highest BCUT2D eigenvalue weighted by Crippen LogP contribution is 2.25. The molecule has 0 aromatic rings. The number of rotatable bonds is 6. The van der Waals surface area contributed by atoms with E-state index in [0.29, 0.717) is 17.6 Å². The van der Waals surface area contributed by atoms with Crippen molar-refractivity contribution in [3.63, 3.8) is 0 Å². The van der Waals surface area contributed by atoms with Crippen molar-refractivity contribution in [1.29, 1.82) is 0 Å². The molecule has 1 N–H and O–H groups in total. The molecule has 0 saturated carbocycles. The Morgan fingerprint density at radius 3 is 1.86 bits per heavy atom. The molecule has 14 heavy (non-hydrogen) atoms. The SMILES string of the molecule is C=C(NC(PC)C(=C)C(C)C)C(C)C. The van der Waals surface area contributed by atoms with E-state index >= 15 is 0 Å². The Balaban J connectivity index is 4.30. The van der Waals surface area contributed by atoms with Gasteiger partial charge in [-0.05, 0) is 24.1 Å². The topological polar surface area (TPSA) is 12.0 Å². The predicted octanol–water partition coefficient (Wildman–Crippen LogP) is 3.59. The van der Waals surface area contributed by atoms with Gasteiger partial charge in [0, 0.05) is 5.70 Å². The van der Waals surface area contributed by atoms with Crippen molar-refractivity contribution in [1.82, 2.24) is 5.32 Å². The van der Waals surface area contributed by atoms with Crippen molar-refractivity contribution < 1.29 is 0 Å². The summed E-state index contributed by atoms with van der Waals surface area (Å²) in [6.45, 7) is 19.1. The number of hydrogen-bond donors (Lipinski definition) is 1. The maximum atomic E-state index is 4.14. The van der Waals surface area contributed by atoms with Gasteiger partial charge in [-0.25, -0.2) is 0 Å². The number of nitrogens with one attached hydrogen (secondary N) is 1. The number of allylic oxidation sites excluding steroid dienone is 1. The smallest absolute Gasteiger partial charge is 0.0635 e. The minimum atomic E-state index is 0.407. The van der Waals surface area contributed by atoms with Crippen LogP contribution in [0.3, 0.4) is 0 Å². The third kappa shape index (κ3) is 4.28. The Morgan fingerprint density at radius 2 is 1.57 bits per heavy atom. The Morgan fingerprint density at radius 1 is 1.07 bits per heavy atom. The molecular weight excluding hydrogens is 189 g/mol. The summed E-state index contributed by atoms with van der Waals surface area (Å²) in [7, 11) is 0.836. The van der Waals surface area contributed by atoms with E-state index in [-0.39, 0.29) is 0 Å². The van der Waals surface area contributed by atoms with Gasteiger partial charge in [0.1, 0.15) is 0 Å². The molecule has 82 valence electrons. The standard InChI is InChI=1S/C12H24NP/c1-8(2)10(5)12(14-7)13-11(6)9(3)4/h8-9,12-14H,5-6H2,1-4,7H3. The lowest BCUT2D eigenvalue weighted by molar-refractivity contribution is 0.624. The molecule has 2 heteroatoms. The van der Waals surface area contributed by atoms with Gasteiger partial charge >= 0.3 is 0 Å². The van der Waals surface area contributed by atoms with Crippen LogP contribution >= 0.6 is 8.58 Å². The molecule has 0 heterocycles. The lowest BCUT2D eigenvalue weighted by atomic mass is 10.0. The van der Waals surface area contributed by atoms with Crippen molar-refractivity contribution >= 4 is 8.58 Å². The van der Waals surface area contributed by atoms with Crippen LogP contribution in [0, 0.1) is 11.8 Å². The van der Waals surface area contributed by atoms with Gasteiger partial charge in [-0.1, -0.05) is 49.4 Å². The van der Waals surface area contributed by atoms with Gasteiger partial charge in [-0.2, -0.15) is 0 Å². The Bertz CT molecular complexity index is 206. The molecule has 0 aromatic carbocycles. The van der Waals surface area contributed by atoms with Crippen molar-refractivity contribution in [2.45, 2.75) is 33.5 Å². The summed E-state index contributed by atoms with van der Waals surface area (Å²) in [5.41, 5.74) is 2.40. The van der Waals surface area contributed by atoms with E-state index in [1.54, 1.807) is 0 Å². The molecule has 0 saturated heterocycles. The van der Waals surface area contributed by atoms with Gasteiger partial charge in [0.05, 0.1) is 5.78 Å². The largest absolute Gasteiger partial charge is 0.379 e. The van der Waals surface area contributed by atoms with E-state index < -0.39 is 0 Å². The van der Waals surface area contributed by atoms with E-state index in [0.717, 1.165) is 14.3 Å². The van der Waals surface area contributed by atoms with E-state index in [1.807, 2.05) is 0 Å². The predicted molar refractivity (Wildman–Crippen MR) is 69.1 cm³/mol. The summed E-state index contributed by atoms with van der Waals surface area (Å²) in [6.07, 6.45) is 0. The fourth-order valence-corrected chi connectivity index (χ4v) is 2.07. The lowest BCUT2D eigenvalue weighted by Gasteiger charge is -2.25. The van der Waals surface area contributed by atoms with Crippen molar-refractivity contribution in [3.05, 3.63) is 24.4 Å². The monoisotopic (exact) mass is 213 g/mol. The molecule has 0 aliphatic heterocycles. The highest BCUT2D eigenvalue weighted by molar-refractivity contribution is 7.38. The maximum Gasteiger partial charge on any atom is 0.0635 e. The van der Waals surface area contributed by atoms with E-state index in [9.17, 15) is 0 Å². The van der Waals surface area contributed by atoms with Gasteiger partial charge in [0.2, 0.25) is 0 Å². The first-order chi connectivity index (χ1) is 6.40. The maximum absolute atomic E-state index is 4.14. The van der Waals surface area contributed by atoms with Gasteiger partial charge in [-0.3, -0.25) is 0 Å². The fraction of sp³-hybridized carbons (Fsp3) is 0.667. The van der Waals surface area contributed by atoms with E-state index in [2.05, 4.69) is 52.8 Å². The average molecular weight is 213 g/mol. The van der Waals surface area contributed by atoms with Gasteiger partial charge < -0.3 is 5.32 Å². The van der Waals surface area contributed by atoms with Crippen LogP contribution in [0.1, 0.15) is 27.7 Å². The van der Waals surface area contributed by atoms with E-state index in [1.165, 1.54) is 5.57 Å². The molecule has 2 unspecified atom stereocenters. The zero-order valence-corrected chi connectivity index (χ0v) is 11.1. The van der Waals surface area contributed by atoms with Crippen molar-refractivity contribution in [2.75, 3.05) is 6.66 Å². The average Bonchev–Trinajstić information content (AvgIpc) is 2.12. The normalized spacial score (nSPS) is 13.9. The van der Waals surface area contributed by atoms with Crippen LogP contribution in [0.15, 0.2) is 24.4 Å². The third-order valence-electron chi connectivity index (χ3n) is 2.43. The van der Waals surface area contributed by atoms with Crippen LogP contribution in [-0.2, 0) is 0 Å². The minimum Gasteiger partial charge on any atom is -0.379 e. The molecule has 0 bridgehead atoms. The molecule has 0 aliphatic carbocycles. The highest BCUT2D eigenvalue weighted by Gasteiger charge is 2.14. The molecule has 0 fully saturated rings. The van der Waals surface area contributed by atoms with Crippen LogP contribution in [-0.4, -0.2) is 12.4 Å². The molecule has 0 aliphatic rings. The second-order valence-electron chi connectivity index (χ2n) is 4.28. The third-order valence-corrected chi connectivity index (χ3v) is 3.52. The lowest BCUT2D eigenvalue weighted by Crippen LogP contribution is -2.29. The first-order valence-corrected chi connectivity index (χ1v) is 6.79. The summed E-state index contributed by atoms with van der Waals surface area (Å²) in [5, 5.41) is 3.47. The first kappa shape index (κ1) is 13.7. The van der Waals surface area contributed by atoms with Crippen LogP contribution in [0.4, 0.5) is 0 Å². The Kier molecular flexibility index (Phi) is 6.11. The molecule has 2 atom stereocenters. The zero-order chi connectivity index (χ0) is 11.3. The zero-order valence-electron chi connectivity index (χ0n) is 10.1. The molecule has 0 aromatic heterocycles. The molecule has 0 spiro atoms. The minimum absolute atomic E-state index is 0.407. The van der Waals surface area contributed by atoms with Gasteiger partial charge in [0.25, 0.3) is 0 Å². The van der Waals surface area contributed by atoms with E-state index in [4.69, 9.17) is 0 Å². The molecule has 0 rings (SSSR count). The highest BCUT2D eigenvalue weighted by atomic mass is 31.1. The molecule has 0 radical (unpaired) electrons. The Hall–Kier alpha value is -0.290. The summed E-state index contributed by atoms with van der Waals surface area (Å²) >= 11 is 0. The quantitative estimate of drug-likeness (QED) is 0.525. The number of hydrogen-bond acceptors (Lipinski definition) is 1. The van der Waals surface area contributed by atoms with Gasteiger partial charge in [0.15, 0.2) is 0 Å². The fourth-order valence-electron chi connectivity index (χ4n) is 1.04. The molecular formula is C12H24NP. The van der Waals surface area contributed by atoms with Crippen molar-refractivity contribution in [2.24, 2.45) is 11.8 Å². The van der Waals surface area contributed by atoms with Crippen molar-refractivity contribution in [3.8, 4) is 0 Å². The molecule has 1 nitrogen and oxygen atoms in total. The summed E-state index contributed by atoms with van der Waals surface area (Å²) < 4.78 is 0. The summed E-state index contributed by atoms with van der Waals surface area (Å²) in [5.74, 6) is 1.44. The second kappa shape index (κ2) is 6.24. The van der Waals surface area contributed by atoms with Crippen LogP contribution < -0.4 is 5.32 Å². The summed E-state index contributed by atoms with van der Waals surface area (Å²) in [6, 6.07) is 0. The van der Waals surface area contributed by atoms with Crippen LogP contribution in [0.25, 0.3) is 0 Å². The first-order valence-electron chi connectivity index (χ1n) is 5.21. The second-order valence-corrected chi connectivity index (χ2v) is 5.43. The van der Waals surface area contributed by atoms with Gasteiger partial charge in [-0.15, -0.1) is 0 Å². The Labute approximate surface area is 90.8 Å². The molecule has 0 amide bonds.